The van der Waals surface area contributed by atoms with Crippen molar-refractivity contribution < 1.29 is 0 Å². The van der Waals surface area contributed by atoms with Crippen LogP contribution in [0.1, 0.15) is 22.7 Å². The predicted octanol–water partition coefficient (Wildman–Crippen LogP) is 3.69. The van der Waals surface area contributed by atoms with Crippen LogP contribution in [0.15, 0.2) is 54.6 Å². The third-order valence-electron chi connectivity index (χ3n) is 3.91. The van der Waals surface area contributed by atoms with Crippen LogP contribution < -0.4 is 5.32 Å². The highest BCUT2D eigenvalue weighted by molar-refractivity contribution is 6.31. The summed E-state index contributed by atoms with van der Waals surface area (Å²) in [4.78, 5) is 0. The third-order valence-corrected chi connectivity index (χ3v) is 4.26. The van der Waals surface area contributed by atoms with Gasteiger partial charge in [0.25, 0.3) is 0 Å². The van der Waals surface area contributed by atoms with Gasteiger partial charge in [0.2, 0.25) is 5.95 Å². The van der Waals surface area contributed by atoms with Crippen LogP contribution in [-0.4, -0.2) is 20.2 Å². The van der Waals surface area contributed by atoms with E-state index >= 15 is 0 Å². The highest BCUT2D eigenvalue weighted by atomic mass is 35.5. The van der Waals surface area contributed by atoms with E-state index in [2.05, 4.69) is 58.1 Å². The number of allylic oxidation sites excluding steroid dienone is 1. The van der Waals surface area contributed by atoms with E-state index in [-0.39, 0.29) is 6.04 Å². The molecule has 1 aliphatic heterocycles. The highest BCUT2D eigenvalue weighted by Gasteiger charge is 2.25. The van der Waals surface area contributed by atoms with Gasteiger partial charge in [-0.1, -0.05) is 64.7 Å². The fourth-order valence-corrected chi connectivity index (χ4v) is 2.94. The number of benzene rings is 2. The second kappa shape index (κ2) is 5.52. The minimum atomic E-state index is -0.147. The molecule has 0 fully saturated rings. The molecule has 0 aliphatic carbocycles. The molecular formula is C17H14ClN5. The molecule has 2 aromatic carbocycles. The first-order valence-corrected chi connectivity index (χ1v) is 7.68. The van der Waals surface area contributed by atoms with Crippen molar-refractivity contribution in [2.24, 2.45) is 0 Å². The second-order valence-corrected chi connectivity index (χ2v) is 5.89. The molecule has 0 saturated heterocycles. The van der Waals surface area contributed by atoms with E-state index < -0.39 is 0 Å². The smallest absolute Gasteiger partial charge is 0.248 e. The molecule has 0 unspecified atom stereocenters. The van der Waals surface area contributed by atoms with Crippen molar-refractivity contribution in [1.29, 1.82) is 0 Å². The van der Waals surface area contributed by atoms with Crippen LogP contribution in [0.4, 0.5) is 5.95 Å². The van der Waals surface area contributed by atoms with Crippen molar-refractivity contribution in [2.75, 3.05) is 5.32 Å². The van der Waals surface area contributed by atoms with Crippen LogP contribution in [0.25, 0.3) is 5.70 Å². The Hall–Kier alpha value is -2.66. The largest absolute Gasteiger partial charge is 0.323 e. The van der Waals surface area contributed by atoms with Gasteiger partial charge in [-0.25, -0.2) is 0 Å². The number of nitrogens with one attached hydrogen (secondary N) is 1. The SMILES string of the molecule is Cc1ccc(C2=C[C@H](c3ccccc3Cl)n3nnnc3N2)cc1. The molecular weight excluding hydrogens is 310 g/mol. The molecule has 0 saturated carbocycles. The molecule has 0 bridgehead atoms. The lowest BCUT2D eigenvalue weighted by atomic mass is 10.0. The molecule has 3 aromatic rings. The maximum Gasteiger partial charge on any atom is 0.248 e. The fourth-order valence-electron chi connectivity index (χ4n) is 2.69. The Morgan fingerprint density at radius 3 is 2.65 bits per heavy atom. The number of aryl methyl sites for hydroxylation is 1. The van der Waals surface area contributed by atoms with Crippen LogP contribution in [0.3, 0.4) is 0 Å². The van der Waals surface area contributed by atoms with E-state index in [9.17, 15) is 0 Å². The van der Waals surface area contributed by atoms with E-state index in [1.165, 1.54) is 5.56 Å². The zero-order valence-electron chi connectivity index (χ0n) is 12.4. The van der Waals surface area contributed by atoms with Gasteiger partial charge in [-0.05, 0) is 40.6 Å². The van der Waals surface area contributed by atoms with Crippen molar-refractivity contribution in [3.63, 3.8) is 0 Å². The summed E-state index contributed by atoms with van der Waals surface area (Å²) in [6, 6.07) is 15.9. The van der Waals surface area contributed by atoms with Gasteiger partial charge < -0.3 is 5.32 Å². The number of rotatable bonds is 2. The maximum absolute atomic E-state index is 6.37. The van der Waals surface area contributed by atoms with Crippen LogP contribution in [0.2, 0.25) is 5.02 Å². The first kappa shape index (κ1) is 14.0. The summed E-state index contributed by atoms with van der Waals surface area (Å²) in [7, 11) is 0. The van der Waals surface area contributed by atoms with Gasteiger partial charge in [0.1, 0.15) is 6.04 Å². The molecule has 1 aliphatic rings. The Morgan fingerprint density at radius 2 is 1.87 bits per heavy atom. The first-order valence-electron chi connectivity index (χ1n) is 7.30. The molecule has 1 aromatic heterocycles. The Bertz CT molecular complexity index is 882. The molecule has 23 heavy (non-hydrogen) atoms. The van der Waals surface area contributed by atoms with Crippen molar-refractivity contribution in [1.82, 2.24) is 20.2 Å². The summed E-state index contributed by atoms with van der Waals surface area (Å²) in [5, 5.41) is 15.9. The normalized spacial score (nSPS) is 16.4. The average Bonchev–Trinajstić information content (AvgIpc) is 3.04. The number of hydrogen-bond acceptors (Lipinski definition) is 4. The molecule has 6 heteroatoms. The first-order chi connectivity index (χ1) is 11.2. The topological polar surface area (TPSA) is 55.6 Å². The van der Waals surface area contributed by atoms with Crippen molar-refractivity contribution in [3.05, 3.63) is 76.3 Å². The van der Waals surface area contributed by atoms with Crippen LogP contribution in [0, 0.1) is 6.92 Å². The Kier molecular flexibility index (Phi) is 3.35. The maximum atomic E-state index is 6.37. The number of anilines is 1. The zero-order valence-corrected chi connectivity index (χ0v) is 13.2. The number of aromatic nitrogens is 4. The van der Waals surface area contributed by atoms with Crippen molar-refractivity contribution >= 4 is 23.2 Å². The number of nitrogens with zero attached hydrogens (tertiary/aromatic N) is 4. The molecule has 0 spiro atoms. The number of hydrogen-bond donors (Lipinski definition) is 1. The summed E-state index contributed by atoms with van der Waals surface area (Å²) < 4.78 is 1.74. The number of halogens is 1. The van der Waals surface area contributed by atoms with Gasteiger partial charge >= 0.3 is 0 Å². The monoisotopic (exact) mass is 323 g/mol. The molecule has 114 valence electrons. The van der Waals surface area contributed by atoms with E-state index in [4.69, 9.17) is 11.6 Å². The van der Waals surface area contributed by atoms with Gasteiger partial charge in [0, 0.05) is 10.7 Å². The lowest BCUT2D eigenvalue weighted by molar-refractivity contribution is 0.586. The van der Waals surface area contributed by atoms with Gasteiger partial charge in [-0.15, -0.1) is 0 Å². The lowest BCUT2D eigenvalue weighted by Crippen LogP contribution is -2.20. The summed E-state index contributed by atoms with van der Waals surface area (Å²) >= 11 is 6.37. The molecule has 1 N–H and O–H groups in total. The number of tetrazole rings is 1. The van der Waals surface area contributed by atoms with Crippen molar-refractivity contribution in [2.45, 2.75) is 13.0 Å². The summed E-state index contributed by atoms with van der Waals surface area (Å²) in [5.41, 5.74) is 4.24. The van der Waals surface area contributed by atoms with Crippen LogP contribution in [-0.2, 0) is 0 Å². The fraction of sp³-hybridized carbons (Fsp3) is 0.118. The predicted molar refractivity (Wildman–Crippen MR) is 90.2 cm³/mol. The lowest BCUT2D eigenvalue weighted by Gasteiger charge is -2.24. The quantitative estimate of drug-likeness (QED) is 0.781. The summed E-state index contributed by atoms with van der Waals surface area (Å²) in [5.74, 6) is 0.605. The average molecular weight is 324 g/mol. The van der Waals surface area contributed by atoms with E-state index in [1.54, 1.807) is 4.68 Å². The third kappa shape index (κ3) is 2.49. The number of fused-ring (bicyclic) bond motifs is 1. The molecule has 0 radical (unpaired) electrons. The van der Waals surface area contributed by atoms with Gasteiger partial charge in [-0.2, -0.15) is 4.68 Å². The van der Waals surface area contributed by atoms with Gasteiger partial charge in [0.15, 0.2) is 0 Å². The molecule has 2 heterocycles. The molecule has 5 nitrogen and oxygen atoms in total. The van der Waals surface area contributed by atoms with Crippen LogP contribution in [0.5, 0.6) is 0 Å². The summed E-state index contributed by atoms with van der Waals surface area (Å²) in [6.45, 7) is 2.07. The van der Waals surface area contributed by atoms with Gasteiger partial charge in [-0.3, -0.25) is 0 Å². The second-order valence-electron chi connectivity index (χ2n) is 5.48. The molecule has 4 rings (SSSR count). The highest BCUT2D eigenvalue weighted by Crippen LogP contribution is 2.34. The Balaban J connectivity index is 1.83. The van der Waals surface area contributed by atoms with E-state index in [0.717, 1.165) is 16.8 Å². The molecule has 1 atom stereocenters. The van der Waals surface area contributed by atoms with E-state index in [1.807, 2.05) is 24.3 Å². The Labute approximate surface area is 138 Å². The molecule has 0 amide bonds. The minimum Gasteiger partial charge on any atom is -0.323 e. The minimum absolute atomic E-state index is 0.147. The Morgan fingerprint density at radius 1 is 1.09 bits per heavy atom. The zero-order chi connectivity index (χ0) is 15.8. The van der Waals surface area contributed by atoms with Crippen molar-refractivity contribution in [3.8, 4) is 0 Å². The standard InChI is InChI=1S/C17H14ClN5/c1-11-6-8-12(9-7-11)15-10-16(13-4-2-3-5-14(13)18)23-17(19-15)20-21-22-23/h2-10,16H,1H3,(H,19,20,22)/t16-/m1/s1. The summed E-state index contributed by atoms with van der Waals surface area (Å²) in [6.07, 6.45) is 2.09. The van der Waals surface area contributed by atoms with E-state index in [0.29, 0.717) is 11.0 Å². The van der Waals surface area contributed by atoms with Gasteiger partial charge in [0.05, 0.1) is 0 Å². The van der Waals surface area contributed by atoms with Crippen LogP contribution >= 0.6 is 11.6 Å².